The fourth-order valence-corrected chi connectivity index (χ4v) is 9.56. The molecule has 0 fully saturated rings. The van der Waals surface area contributed by atoms with Crippen LogP contribution in [-0.2, 0) is 0 Å². The van der Waals surface area contributed by atoms with Crippen LogP contribution >= 0.6 is 0 Å². The van der Waals surface area contributed by atoms with Crippen LogP contribution in [0.15, 0.2) is 203 Å². The van der Waals surface area contributed by atoms with Gasteiger partial charge in [-0.25, -0.2) is 0 Å². The molecule has 0 unspecified atom stereocenters. The van der Waals surface area contributed by atoms with E-state index in [-0.39, 0.29) is 0 Å². The Kier molecular flexibility index (Phi) is 6.41. The third-order valence-electron chi connectivity index (χ3n) is 12.1. The molecule has 0 radical (unpaired) electrons. The third-order valence-corrected chi connectivity index (χ3v) is 12.1. The van der Waals surface area contributed by atoms with Crippen molar-refractivity contribution in [3.05, 3.63) is 194 Å². The summed E-state index contributed by atoms with van der Waals surface area (Å²) in [5, 5.41) is 9.24. The molecule has 0 amide bonds. The normalized spacial score (nSPS) is 12.1. The topological polar surface area (TPSA) is 36.1 Å². The van der Waals surface area contributed by atoms with Gasteiger partial charge in [-0.1, -0.05) is 109 Å². The highest BCUT2D eigenvalue weighted by Gasteiger charge is 2.21. The number of fused-ring (bicyclic) bond motifs is 13. The van der Waals surface area contributed by atoms with Crippen LogP contribution in [0.2, 0.25) is 0 Å². The lowest BCUT2D eigenvalue weighted by Crippen LogP contribution is -1.93. The van der Waals surface area contributed by atoms with Gasteiger partial charge >= 0.3 is 0 Å². The van der Waals surface area contributed by atoms with Crippen LogP contribution in [0, 0.1) is 0 Å². The first-order valence-electron chi connectivity index (χ1n) is 19.8. The second-order valence-electron chi connectivity index (χ2n) is 15.2. The predicted molar refractivity (Wildman–Crippen MR) is 241 cm³/mol. The maximum atomic E-state index is 6.61. The Morgan fingerprint density at radius 1 is 0.293 bits per heavy atom. The number of hydrogen-bond acceptors (Lipinski definition) is 2. The fourth-order valence-electron chi connectivity index (χ4n) is 9.56. The summed E-state index contributed by atoms with van der Waals surface area (Å²) < 4.78 is 17.9. The average Bonchev–Trinajstić information content (AvgIpc) is 4.04. The Bertz CT molecular complexity index is 3790. The Morgan fingerprint density at radius 2 is 0.897 bits per heavy atom. The molecule has 4 aromatic heterocycles. The van der Waals surface area contributed by atoms with Crippen molar-refractivity contribution in [1.82, 2.24) is 9.13 Å². The lowest BCUT2D eigenvalue weighted by molar-refractivity contribution is 0.669. The van der Waals surface area contributed by atoms with Crippen LogP contribution < -0.4 is 0 Å². The number of hydrogen-bond donors (Lipinski definition) is 0. The standard InChI is InChI=1S/C54H32N2O2/c1-3-12-36(13-4-1)55-45-19-9-7-16-39(45)43-31-35(23-27-46(43)55)38-18-11-21-51-52(38)44-30-33(24-29-50(44)57-51)34-22-25-42-48(32-34)56(37-14-5-2-6-15-37)47-28-26-41-40-17-8-10-20-49(40)58-54(41)53(42)47/h1-32H. The van der Waals surface area contributed by atoms with Crippen LogP contribution in [0.1, 0.15) is 0 Å². The van der Waals surface area contributed by atoms with Gasteiger partial charge in [0.05, 0.1) is 27.5 Å². The lowest BCUT2D eigenvalue weighted by Gasteiger charge is -2.09. The van der Waals surface area contributed by atoms with Crippen LogP contribution in [-0.4, -0.2) is 9.13 Å². The van der Waals surface area contributed by atoms with E-state index in [1.165, 1.54) is 21.8 Å². The molecule has 0 saturated carbocycles. The monoisotopic (exact) mass is 740 g/mol. The van der Waals surface area contributed by atoms with E-state index in [1.54, 1.807) is 0 Å². The van der Waals surface area contributed by atoms with Crippen molar-refractivity contribution in [2.24, 2.45) is 0 Å². The number of aromatic nitrogens is 2. The van der Waals surface area contributed by atoms with Crippen LogP contribution in [0.5, 0.6) is 0 Å². The van der Waals surface area contributed by atoms with Crippen molar-refractivity contribution in [2.45, 2.75) is 0 Å². The number of benzene rings is 9. The molecular weight excluding hydrogens is 709 g/mol. The van der Waals surface area contributed by atoms with Crippen molar-refractivity contribution in [3.8, 4) is 33.6 Å². The smallest absolute Gasteiger partial charge is 0.145 e. The minimum atomic E-state index is 0.875. The number of furan rings is 2. The zero-order chi connectivity index (χ0) is 37.9. The molecule has 4 heterocycles. The number of para-hydroxylation sites is 4. The lowest BCUT2D eigenvalue weighted by atomic mass is 9.96. The summed E-state index contributed by atoms with van der Waals surface area (Å²) in [5.74, 6) is 0. The Hall–Kier alpha value is -7.82. The molecule has 0 aliphatic carbocycles. The summed E-state index contributed by atoms with van der Waals surface area (Å²) in [7, 11) is 0. The first-order valence-corrected chi connectivity index (χ1v) is 19.8. The minimum Gasteiger partial charge on any atom is -0.456 e. The Labute approximate surface area is 332 Å². The highest BCUT2D eigenvalue weighted by molar-refractivity contribution is 6.24. The van der Waals surface area contributed by atoms with E-state index in [2.05, 4.69) is 197 Å². The van der Waals surface area contributed by atoms with Gasteiger partial charge in [0.15, 0.2) is 0 Å². The molecule has 4 heteroatoms. The molecule has 9 aromatic carbocycles. The van der Waals surface area contributed by atoms with Gasteiger partial charge in [-0.2, -0.15) is 0 Å². The molecule has 13 aromatic rings. The van der Waals surface area contributed by atoms with E-state index in [9.17, 15) is 0 Å². The van der Waals surface area contributed by atoms with E-state index in [4.69, 9.17) is 8.83 Å². The summed E-state index contributed by atoms with van der Waals surface area (Å²) in [6.07, 6.45) is 0. The zero-order valence-corrected chi connectivity index (χ0v) is 31.2. The summed E-state index contributed by atoms with van der Waals surface area (Å²) in [6.45, 7) is 0. The summed E-state index contributed by atoms with van der Waals surface area (Å²) >= 11 is 0. The first kappa shape index (κ1) is 31.4. The third kappa shape index (κ3) is 4.40. The van der Waals surface area contributed by atoms with Crippen molar-refractivity contribution in [1.29, 1.82) is 0 Å². The Balaban J connectivity index is 1.01. The molecular formula is C54H32N2O2. The summed E-state index contributed by atoms with van der Waals surface area (Å²) in [6, 6.07) is 69.5. The molecule has 0 N–H and O–H groups in total. The van der Waals surface area contributed by atoms with Gasteiger partial charge in [0.2, 0.25) is 0 Å². The van der Waals surface area contributed by atoms with Crippen molar-refractivity contribution in [3.63, 3.8) is 0 Å². The van der Waals surface area contributed by atoms with E-state index >= 15 is 0 Å². The fraction of sp³-hybridized carbons (Fsp3) is 0. The predicted octanol–water partition coefficient (Wildman–Crippen LogP) is 15.0. The number of nitrogens with zero attached hydrogens (tertiary/aromatic N) is 2. The van der Waals surface area contributed by atoms with Gasteiger partial charge in [-0.15, -0.1) is 0 Å². The van der Waals surface area contributed by atoms with Crippen molar-refractivity contribution in [2.75, 3.05) is 0 Å². The molecule has 0 spiro atoms. The van der Waals surface area contributed by atoms with Crippen molar-refractivity contribution < 1.29 is 8.83 Å². The maximum absolute atomic E-state index is 6.61. The van der Waals surface area contributed by atoms with Crippen LogP contribution in [0.4, 0.5) is 0 Å². The maximum Gasteiger partial charge on any atom is 0.145 e. The molecule has 4 nitrogen and oxygen atoms in total. The first-order chi connectivity index (χ1) is 28.8. The molecule has 0 aliphatic rings. The van der Waals surface area contributed by atoms with E-state index < -0.39 is 0 Å². The molecule has 0 aliphatic heterocycles. The van der Waals surface area contributed by atoms with Gasteiger partial charge in [0.25, 0.3) is 0 Å². The SMILES string of the molecule is c1ccc(-n2c3ccccc3c3cc(-c4cccc5oc6ccc(-c7ccc8c9c%10oc%11ccccc%11c%10ccc9n(-c9ccccc9)c8c7)cc6c45)ccc32)cc1. The van der Waals surface area contributed by atoms with Gasteiger partial charge in [0, 0.05) is 49.1 Å². The van der Waals surface area contributed by atoms with E-state index in [0.717, 1.165) is 99.3 Å². The van der Waals surface area contributed by atoms with Crippen LogP contribution in [0.3, 0.4) is 0 Å². The molecule has 58 heavy (non-hydrogen) atoms. The average molecular weight is 741 g/mol. The quantitative estimate of drug-likeness (QED) is 0.180. The molecule has 270 valence electrons. The van der Waals surface area contributed by atoms with Crippen LogP contribution in [0.25, 0.3) is 121 Å². The van der Waals surface area contributed by atoms with E-state index in [1.807, 2.05) is 6.07 Å². The largest absolute Gasteiger partial charge is 0.456 e. The number of rotatable bonds is 4. The second-order valence-corrected chi connectivity index (χ2v) is 15.2. The minimum absolute atomic E-state index is 0.875. The molecule has 0 saturated heterocycles. The zero-order valence-electron chi connectivity index (χ0n) is 31.2. The molecule has 13 rings (SSSR count). The van der Waals surface area contributed by atoms with Crippen molar-refractivity contribution >= 4 is 87.5 Å². The van der Waals surface area contributed by atoms with E-state index in [0.29, 0.717) is 0 Å². The second kappa shape index (κ2) is 11.8. The van der Waals surface area contributed by atoms with Gasteiger partial charge in [-0.3, -0.25) is 0 Å². The summed E-state index contributed by atoms with van der Waals surface area (Å²) in [4.78, 5) is 0. The molecule has 0 atom stereocenters. The Morgan fingerprint density at radius 3 is 1.74 bits per heavy atom. The highest BCUT2D eigenvalue weighted by Crippen LogP contribution is 2.44. The highest BCUT2D eigenvalue weighted by atomic mass is 16.3. The van der Waals surface area contributed by atoms with Gasteiger partial charge in [-0.05, 0) is 107 Å². The molecule has 0 bridgehead atoms. The van der Waals surface area contributed by atoms with Gasteiger partial charge in [0.1, 0.15) is 22.3 Å². The van der Waals surface area contributed by atoms with Gasteiger partial charge < -0.3 is 18.0 Å². The summed E-state index contributed by atoms with van der Waals surface area (Å²) in [5.41, 5.74) is 15.1.